The van der Waals surface area contributed by atoms with Crippen LogP contribution in [-0.4, -0.2) is 25.8 Å². The zero-order valence-electron chi connectivity index (χ0n) is 7.19. The zero-order valence-corrected chi connectivity index (χ0v) is 7.95. The molecule has 1 N–H and O–H groups in total. The summed E-state index contributed by atoms with van der Waals surface area (Å²) < 4.78 is 5.29. The van der Waals surface area contributed by atoms with E-state index in [0.29, 0.717) is 11.6 Å². The summed E-state index contributed by atoms with van der Waals surface area (Å²) in [5, 5.41) is 3.75. The van der Waals surface area contributed by atoms with E-state index in [-0.39, 0.29) is 6.10 Å². The Kier molecular flexibility index (Phi) is 6.62. The first-order valence-electron chi connectivity index (χ1n) is 3.82. The maximum absolute atomic E-state index is 5.54. The van der Waals surface area contributed by atoms with E-state index in [4.69, 9.17) is 16.3 Å². The third-order valence-electron chi connectivity index (χ3n) is 1.20. The third kappa shape index (κ3) is 7.85. The molecule has 0 aromatic heterocycles. The van der Waals surface area contributed by atoms with Crippen LogP contribution in [0, 0.1) is 0 Å². The fourth-order valence-corrected chi connectivity index (χ4v) is 0.849. The maximum Gasteiger partial charge on any atom is 0.0671 e. The van der Waals surface area contributed by atoms with Crippen molar-refractivity contribution in [3.63, 3.8) is 0 Å². The van der Waals surface area contributed by atoms with Gasteiger partial charge in [0.15, 0.2) is 0 Å². The highest BCUT2D eigenvalue weighted by atomic mass is 35.5. The molecule has 0 rings (SSSR count). The molecule has 1 unspecified atom stereocenters. The van der Waals surface area contributed by atoms with Gasteiger partial charge in [0, 0.05) is 24.7 Å². The van der Waals surface area contributed by atoms with E-state index in [0.717, 1.165) is 13.2 Å². The Bertz CT molecular complexity index is 117. The molecule has 0 heterocycles. The number of rotatable bonds is 6. The molecule has 0 spiro atoms. The average molecular weight is 178 g/mol. The van der Waals surface area contributed by atoms with Gasteiger partial charge < -0.3 is 10.1 Å². The van der Waals surface area contributed by atoms with Crippen LogP contribution in [0.25, 0.3) is 0 Å². The average Bonchev–Trinajstić information content (AvgIpc) is 1.87. The molecule has 0 saturated carbocycles. The fraction of sp³-hybridized carbons (Fsp3) is 0.750. The number of halogens is 1. The van der Waals surface area contributed by atoms with Gasteiger partial charge in [-0.3, -0.25) is 0 Å². The van der Waals surface area contributed by atoms with Crippen molar-refractivity contribution in [2.45, 2.75) is 20.0 Å². The molecule has 2 nitrogen and oxygen atoms in total. The van der Waals surface area contributed by atoms with Crippen molar-refractivity contribution in [1.29, 1.82) is 0 Å². The smallest absolute Gasteiger partial charge is 0.0671 e. The summed E-state index contributed by atoms with van der Waals surface area (Å²) in [7, 11) is 0. The van der Waals surface area contributed by atoms with Gasteiger partial charge in [-0.15, -0.1) is 0 Å². The van der Waals surface area contributed by atoms with Gasteiger partial charge >= 0.3 is 0 Å². The quantitative estimate of drug-likeness (QED) is 0.668. The lowest BCUT2D eigenvalue weighted by atomic mass is 10.4. The van der Waals surface area contributed by atoms with Crippen LogP contribution >= 0.6 is 11.6 Å². The van der Waals surface area contributed by atoms with Gasteiger partial charge in [-0.1, -0.05) is 18.2 Å². The minimum Gasteiger partial charge on any atom is -0.377 e. The zero-order chi connectivity index (χ0) is 8.69. The summed E-state index contributed by atoms with van der Waals surface area (Å²) in [4.78, 5) is 0. The lowest BCUT2D eigenvalue weighted by Crippen LogP contribution is -2.27. The van der Waals surface area contributed by atoms with E-state index in [9.17, 15) is 0 Å². The van der Waals surface area contributed by atoms with E-state index in [1.807, 2.05) is 13.8 Å². The second kappa shape index (κ2) is 6.65. The molecule has 0 bridgehead atoms. The molecule has 11 heavy (non-hydrogen) atoms. The number of hydrogen-bond acceptors (Lipinski definition) is 2. The van der Waals surface area contributed by atoms with Crippen molar-refractivity contribution in [3.8, 4) is 0 Å². The first-order valence-corrected chi connectivity index (χ1v) is 4.20. The SMILES string of the molecule is C=C(Cl)CNCC(C)OCC. The minimum absolute atomic E-state index is 0.246. The Hall–Kier alpha value is -0.0500. The molecule has 0 fully saturated rings. The molecule has 3 heteroatoms. The van der Waals surface area contributed by atoms with Crippen molar-refractivity contribution in [2.75, 3.05) is 19.7 Å². The van der Waals surface area contributed by atoms with Crippen LogP contribution in [0.3, 0.4) is 0 Å². The predicted molar refractivity (Wildman–Crippen MR) is 49.0 cm³/mol. The second-order valence-corrected chi connectivity index (χ2v) is 2.95. The fourth-order valence-electron chi connectivity index (χ4n) is 0.755. The normalized spacial score (nSPS) is 13.0. The largest absolute Gasteiger partial charge is 0.377 e. The lowest BCUT2D eigenvalue weighted by Gasteiger charge is -2.11. The van der Waals surface area contributed by atoms with Gasteiger partial charge in [0.25, 0.3) is 0 Å². The molecule has 0 radical (unpaired) electrons. The van der Waals surface area contributed by atoms with E-state index in [1.165, 1.54) is 0 Å². The van der Waals surface area contributed by atoms with Crippen molar-refractivity contribution < 1.29 is 4.74 Å². The summed E-state index contributed by atoms with van der Waals surface area (Å²) in [6, 6.07) is 0. The molecule has 0 aliphatic heterocycles. The topological polar surface area (TPSA) is 21.3 Å². The molecular formula is C8H16ClNO. The Labute approximate surface area is 73.6 Å². The number of nitrogens with one attached hydrogen (secondary N) is 1. The summed E-state index contributed by atoms with van der Waals surface area (Å²) in [6.07, 6.45) is 0.246. The van der Waals surface area contributed by atoms with Crippen molar-refractivity contribution >= 4 is 11.6 Å². The second-order valence-electron chi connectivity index (χ2n) is 2.41. The molecule has 0 aliphatic carbocycles. The Balaban J connectivity index is 3.16. The highest BCUT2D eigenvalue weighted by molar-refractivity contribution is 6.29. The van der Waals surface area contributed by atoms with Crippen LogP contribution in [-0.2, 0) is 4.74 Å². The maximum atomic E-state index is 5.54. The molecule has 0 amide bonds. The summed E-state index contributed by atoms with van der Waals surface area (Å²) >= 11 is 5.54. The van der Waals surface area contributed by atoms with Crippen molar-refractivity contribution in [2.24, 2.45) is 0 Å². The Morgan fingerprint density at radius 2 is 2.36 bits per heavy atom. The first kappa shape index (κ1) is 11.0. The van der Waals surface area contributed by atoms with E-state index < -0.39 is 0 Å². The van der Waals surface area contributed by atoms with Crippen LogP contribution < -0.4 is 5.32 Å². The van der Waals surface area contributed by atoms with Gasteiger partial charge in [0.05, 0.1) is 6.10 Å². The molecule has 0 saturated heterocycles. The standard InChI is InChI=1S/C8H16ClNO/c1-4-11-8(3)6-10-5-7(2)9/h8,10H,2,4-6H2,1,3H3. The predicted octanol–water partition coefficient (Wildman–Crippen LogP) is 1.75. The number of ether oxygens (including phenoxy) is 1. The Morgan fingerprint density at radius 1 is 1.73 bits per heavy atom. The van der Waals surface area contributed by atoms with E-state index >= 15 is 0 Å². The molecule has 1 atom stereocenters. The first-order chi connectivity index (χ1) is 5.16. The van der Waals surface area contributed by atoms with Gasteiger partial charge in [0.1, 0.15) is 0 Å². The van der Waals surface area contributed by atoms with Crippen LogP contribution in [0.2, 0.25) is 0 Å². The van der Waals surface area contributed by atoms with Gasteiger partial charge in [-0.2, -0.15) is 0 Å². The van der Waals surface area contributed by atoms with Crippen molar-refractivity contribution in [3.05, 3.63) is 11.6 Å². The van der Waals surface area contributed by atoms with Crippen molar-refractivity contribution in [1.82, 2.24) is 5.32 Å². The van der Waals surface area contributed by atoms with Crippen LogP contribution in [0.15, 0.2) is 11.6 Å². The molecular weight excluding hydrogens is 162 g/mol. The summed E-state index contributed by atoms with van der Waals surface area (Å²) in [5.74, 6) is 0. The Morgan fingerprint density at radius 3 is 2.82 bits per heavy atom. The monoisotopic (exact) mass is 177 g/mol. The lowest BCUT2D eigenvalue weighted by molar-refractivity contribution is 0.0768. The van der Waals surface area contributed by atoms with Gasteiger partial charge in [0.2, 0.25) is 0 Å². The van der Waals surface area contributed by atoms with Crippen LogP contribution in [0.5, 0.6) is 0 Å². The van der Waals surface area contributed by atoms with Gasteiger partial charge in [-0.05, 0) is 13.8 Å². The van der Waals surface area contributed by atoms with E-state index in [2.05, 4.69) is 11.9 Å². The summed E-state index contributed by atoms with van der Waals surface area (Å²) in [5.41, 5.74) is 0. The minimum atomic E-state index is 0.246. The highest BCUT2D eigenvalue weighted by Crippen LogP contribution is 1.93. The number of hydrogen-bond donors (Lipinski definition) is 1. The molecule has 0 aromatic rings. The van der Waals surface area contributed by atoms with E-state index in [1.54, 1.807) is 0 Å². The highest BCUT2D eigenvalue weighted by Gasteiger charge is 1.98. The van der Waals surface area contributed by atoms with Gasteiger partial charge in [-0.25, -0.2) is 0 Å². The van der Waals surface area contributed by atoms with Crippen LogP contribution in [0.1, 0.15) is 13.8 Å². The third-order valence-corrected chi connectivity index (χ3v) is 1.33. The molecule has 66 valence electrons. The summed E-state index contributed by atoms with van der Waals surface area (Å²) in [6.45, 7) is 9.79. The van der Waals surface area contributed by atoms with Crippen LogP contribution in [0.4, 0.5) is 0 Å². The molecule has 0 aromatic carbocycles. The molecule has 0 aliphatic rings.